The van der Waals surface area contributed by atoms with Gasteiger partial charge >= 0.3 is 0 Å². The van der Waals surface area contributed by atoms with Crippen molar-refractivity contribution in [3.8, 4) is 17.2 Å². The number of nitrogens with zero attached hydrogens (tertiary/aromatic N) is 1. The van der Waals surface area contributed by atoms with Gasteiger partial charge in [0.25, 0.3) is 11.8 Å². The molecule has 4 N–H and O–H groups in total. The number of rotatable bonds is 8. The van der Waals surface area contributed by atoms with Crippen LogP contribution >= 0.6 is 0 Å². The molecule has 0 spiro atoms. The molecule has 0 aliphatic heterocycles. The summed E-state index contributed by atoms with van der Waals surface area (Å²) in [6.45, 7) is 6.19. The summed E-state index contributed by atoms with van der Waals surface area (Å²) >= 11 is 0. The number of carbonyl (C=O) groups is 2. The lowest BCUT2D eigenvalue weighted by Gasteiger charge is -2.29. The van der Waals surface area contributed by atoms with Crippen molar-refractivity contribution < 1.29 is 23.8 Å². The number of carbonyl (C=O) groups excluding carboxylic acids is 2. The summed E-state index contributed by atoms with van der Waals surface area (Å²) in [6, 6.07) is 13.3. The molecule has 2 aliphatic rings. The minimum Gasteiger partial charge on any atom is -0.493 e. The third kappa shape index (κ3) is 6.57. The highest BCUT2D eigenvalue weighted by atomic mass is 16.5. The number of methoxy groups -OCH3 is 3. The highest BCUT2D eigenvalue weighted by molar-refractivity contribution is 6.06. The van der Waals surface area contributed by atoms with Crippen molar-refractivity contribution in [3.05, 3.63) is 101 Å². The fraction of sp³-hybridized carbons (Fsp3) is 0.303. The maximum Gasteiger partial charge on any atom is 0.258 e. The molecule has 1 unspecified atom stereocenters. The predicted octanol–water partition coefficient (Wildman–Crippen LogP) is 4.92. The molecule has 0 heterocycles. The lowest BCUT2D eigenvalue weighted by atomic mass is 9.76. The first-order valence-electron chi connectivity index (χ1n) is 13.6. The van der Waals surface area contributed by atoms with Gasteiger partial charge in [-0.2, -0.15) is 0 Å². The number of ether oxygens (including phenoxy) is 3. The van der Waals surface area contributed by atoms with Crippen molar-refractivity contribution in [2.75, 3.05) is 21.3 Å². The fourth-order valence-electron chi connectivity index (χ4n) is 4.84. The minimum atomic E-state index is -0.493. The zero-order valence-electron chi connectivity index (χ0n) is 24.9. The average molecular weight is 571 g/mol. The Morgan fingerprint density at radius 2 is 1.57 bits per heavy atom. The van der Waals surface area contributed by atoms with E-state index in [0.29, 0.717) is 40.6 Å². The highest BCUT2D eigenvalue weighted by Crippen LogP contribution is 2.39. The second-order valence-corrected chi connectivity index (χ2v) is 11.1. The molecule has 9 nitrogen and oxygen atoms in total. The quantitative estimate of drug-likeness (QED) is 0.306. The summed E-state index contributed by atoms with van der Waals surface area (Å²) in [7, 11) is 4.43. The smallest absolute Gasteiger partial charge is 0.258 e. The van der Waals surface area contributed by atoms with Crippen LogP contribution in [0.4, 0.5) is 0 Å². The summed E-state index contributed by atoms with van der Waals surface area (Å²) in [5, 5.41) is 5.61. The maximum absolute atomic E-state index is 13.1. The van der Waals surface area contributed by atoms with Crippen LogP contribution < -0.4 is 30.6 Å². The van der Waals surface area contributed by atoms with Crippen molar-refractivity contribution in [1.82, 2.24) is 10.6 Å². The lowest BCUT2D eigenvalue weighted by Crippen LogP contribution is -2.37. The van der Waals surface area contributed by atoms with Gasteiger partial charge in [0.05, 0.1) is 27.0 Å². The third-order valence-electron chi connectivity index (χ3n) is 7.56. The van der Waals surface area contributed by atoms with Gasteiger partial charge in [-0.1, -0.05) is 75.4 Å². The van der Waals surface area contributed by atoms with Gasteiger partial charge in [0, 0.05) is 27.7 Å². The van der Waals surface area contributed by atoms with Gasteiger partial charge in [-0.05, 0) is 36.6 Å². The summed E-state index contributed by atoms with van der Waals surface area (Å²) in [5.41, 5.74) is 8.92. The van der Waals surface area contributed by atoms with Crippen LogP contribution in [0, 0.1) is 5.41 Å². The molecule has 0 saturated heterocycles. The molecule has 2 aromatic rings. The molecular weight excluding hydrogens is 532 g/mol. The number of hydrogen-bond acceptors (Lipinski definition) is 6. The van der Waals surface area contributed by atoms with Crippen molar-refractivity contribution in [3.63, 3.8) is 0 Å². The Morgan fingerprint density at radius 1 is 0.905 bits per heavy atom. The zero-order chi connectivity index (χ0) is 30.5. The molecule has 1 atom stereocenters. The molecular formula is C33H38N4O5. The molecule has 0 fully saturated rings. The fourth-order valence-corrected chi connectivity index (χ4v) is 4.84. The molecule has 220 valence electrons. The number of hydrogen-bond donors (Lipinski definition) is 3. The summed E-state index contributed by atoms with van der Waals surface area (Å²) in [5.74, 6) is 0.276. The van der Waals surface area contributed by atoms with E-state index >= 15 is 0 Å². The minimum absolute atomic E-state index is 0.0845. The molecule has 2 amide bonds. The topological polar surface area (TPSA) is 124 Å². The van der Waals surface area contributed by atoms with Crippen LogP contribution in [0.5, 0.6) is 17.2 Å². The molecule has 0 bridgehead atoms. The van der Waals surface area contributed by atoms with Crippen LogP contribution in [0.25, 0.3) is 0 Å². The number of allylic oxidation sites excluding steroid dienone is 5. The maximum atomic E-state index is 13.1. The number of aliphatic imine (C=N–C) groups is 1. The number of nitrogens with two attached hydrogens (primary N) is 1. The van der Waals surface area contributed by atoms with E-state index in [1.54, 1.807) is 6.08 Å². The number of benzene rings is 2. The second-order valence-electron chi connectivity index (χ2n) is 11.1. The predicted molar refractivity (Wildman–Crippen MR) is 164 cm³/mol. The van der Waals surface area contributed by atoms with Crippen LogP contribution in [0.15, 0.2) is 94.8 Å². The summed E-state index contributed by atoms with van der Waals surface area (Å²) in [6.07, 6.45) is 11.0. The third-order valence-corrected chi connectivity index (χ3v) is 7.56. The van der Waals surface area contributed by atoms with Gasteiger partial charge in [-0.25, -0.2) is 4.99 Å². The van der Waals surface area contributed by atoms with E-state index in [9.17, 15) is 9.59 Å². The van der Waals surface area contributed by atoms with Gasteiger partial charge in [0.15, 0.2) is 11.5 Å². The number of amides is 2. The average Bonchev–Trinajstić information content (AvgIpc) is 2.98. The van der Waals surface area contributed by atoms with E-state index in [-0.39, 0.29) is 28.3 Å². The van der Waals surface area contributed by atoms with Gasteiger partial charge in [0.2, 0.25) is 11.7 Å². The summed E-state index contributed by atoms with van der Waals surface area (Å²) < 4.78 is 16.0. The monoisotopic (exact) mass is 570 g/mol. The number of nitrogens with one attached hydrogen (secondary N) is 2. The number of guanidine groups is 1. The summed E-state index contributed by atoms with van der Waals surface area (Å²) in [4.78, 5) is 30.6. The van der Waals surface area contributed by atoms with Crippen molar-refractivity contribution in [2.45, 2.75) is 39.0 Å². The van der Waals surface area contributed by atoms with Crippen LogP contribution in [0.3, 0.4) is 0 Å². The van der Waals surface area contributed by atoms with Crippen molar-refractivity contribution >= 4 is 17.8 Å². The molecule has 0 aromatic heterocycles. The van der Waals surface area contributed by atoms with Crippen molar-refractivity contribution in [2.24, 2.45) is 16.1 Å². The van der Waals surface area contributed by atoms with E-state index in [1.165, 1.54) is 39.0 Å². The first-order valence-corrected chi connectivity index (χ1v) is 13.6. The molecule has 42 heavy (non-hydrogen) atoms. The van der Waals surface area contributed by atoms with Gasteiger partial charge in [0.1, 0.15) is 0 Å². The molecule has 9 heteroatoms. The van der Waals surface area contributed by atoms with Crippen LogP contribution in [0.2, 0.25) is 0 Å². The molecule has 4 rings (SSSR count). The van der Waals surface area contributed by atoms with E-state index < -0.39 is 5.91 Å². The van der Waals surface area contributed by atoms with E-state index in [4.69, 9.17) is 19.9 Å². The van der Waals surface area contributed by atoms with Crippen LogP contribution in [-0.2, 0) is 10.2 Å². The molecule has 0 saturated carbocycles. The largest absolute Gasteiger partial charge is 0.493 e. The van der Waals surface area contributed by atoms with Crippen LogP contribution in [0.1, 0.15) is 49.5 Å². The van der Waals surface area contributed by atoms with Gasteiger partial charge in [-0.15, -0.1) is 0 Å². The Balaban J connectivity index is 1.46. The van der Waals surface area contributed by atoms with E-state index in [2.05, 4.69) is 40.8 Å². The highest BCUT2D eigenvalue weighted by Gasteiger charge is 2.29. The normalized spacial score (nSPS) is 19.6. The Hall–Kier alpha value is -4.79. The SMILES string of the molecule is COc1cc(C(=O)NC(N)=NC2=CC(NC(=O)C3=CCC(C)(c4ccccc4)C=C3)=CCC2(C)C)cc(OC)c1OC. The Bertz CT molecular complexity index is 1490. The van der Waals surface area contributed by atoms with E-state index in [1.807, 2.05) is 50.3 Å². The Labute approximate surface area is 246 Å². The Morgan fingerprint density at radius 3 is 2.14 bits per heavy atom. The Kier molecular flexibility index (Phi) is 8.90. The van der Waals surface area contributed by atoms with Gasteiger partial charge in [-0.3, -0.25) is 14.9 Å². The van der Waals surface area contributed by atoms with Gasteiger partial charge < -0.3 is 25.3 Å². The molecule has 2 aliphatic carbocycles. The zero-order valence-corrected chi connectivity index (χ0v) is 24.9. The standard InChI is InChI=1S/C33H38N4O5/c1-32(2)15-14-24(35-29(38)21-12-16-33(3,17-13-21)23-10-8-7-9-11-23)20-27(32)36-31(34)37-30(39)22-18-25(40-4)28(42-6)26(19-22)41-5/h7-14,16,18-20H,15,17H2,1-6H3,(H,35,38)(H3,34,36,37,39). The molecule has 2 aromatic carbocycles. The second kappa shape index (κ2) is 12.4. The lowest BCUT2D eigenvalue weighted by molar-refractivity contribution is -0.116. The first-order chi connectivity index (χ1) is 20.0. The first kappa shape index (κ1) is 30.2. The van der Waals surface area contributed by atoms with Crippen molar-refractivity contribution in [1.29, 1.82) is 0 Å². The van der Waals surface area contributed by atoms with Crippen LogP contribution in [-0.4, -0.2) is 39.1 Å². The van der Waals surface area contributed by atoms with E-state index in [0.717, 1.165) is 6.42 Å². The molecule has 0 radical (unpaired) electrons.